The third-order valence-electron chi connectivity index (χ3n) is 6.93. The average molecular weight is 465 g/mol. The zero-order valence-corrected chi connectivity index (χ0v) is 19.2. The second-order valence-corrected chi connectivity index (χ2v) is 9.04. The van der Waals surface area contributed by atoms with E-state index in [0.717, 1.165) is 37.2 Å². The number of benzene rings is 3. The number of nitrogens with zero attached hydrogens (tertiary/aromatic N) is 3. The fourth-order valence-electron chi connectivity index (χ4n) is 5.17. The number of fused-ring (bicyclic) bond motifs is 2. The molecule has 1 N–H and O–H groups in total. The highest BCUT2D eigenvalue weighted by atomic mass is 16.2. The van der Waals surface area contributed by atoms with E-state index in [1.165, 1.54) is 17.7 Å². The molecule has 4 aromatic rings. The molecule has 0 radical (unpaired) electrons. The maximum atomic E-state index is 13.4. The van der Waals surface area contributed by atoms with E-state index in [-0.39, 0.29) is 17.4 Å². The first-order valence-electron chi connectivity index (χ1n) is 12.0. The molecular formula is C28H24N4O3. The van der Waals surface area contributed by atoms with Crippen LogP contribution in [0.3, 0.4) is 0 Å². The van der Waals surface area contributed by atoms with Gasteiger partial charge < -0.3 is 4.90 Å². The lowest BCUT2D eigenvalue weighted by Crippen LogP contribution is -2.33. The molecule has 2 amide bonds. The molecule has 2 aliphatic heterocycles. The Morgan fingerprint density at radius 2 is 1.31 bits per heavy atom. The molecule has 1 fully saturated rings. The summed E-state index contributed by atoms with van der Waals surface area (Å²) in [5.41, 5.74) is 3.30. The van der Waals surface area contributed by atoms with Crippen LogP contribution in [0, 0.1) is 0 Å². The van der Waals surface area contributed by atoms with Crippen LogP contribution in [0.2, 0.25) is 0 Å². The van der Waals surface area contributed by atoms with Gasteiger partial charge in [0.1, 0.15) is 0 Å². The van der Waals surface area contributed by atoms with E-state index in [1.807, 2.05) is 36.4 Å². The van der Waals surface area contributed by atoms with Crippen LogP contribution in [0.1, 0.15) is 46.4 Å². The molecule has 0 spiro atoms. The zero-order chi connectivity index (χ0) is 23.9. The SMILES string of the molecule is O=C1c2ccccc2C(=O)N1c1cc(-c2n[nH]c(=O)c3ccccc23)ccc1N1CCCCCC1. The molecule has 35 heavy (non-hydrogen) atoms. The van der Waals surface area contributed by atoms with Crippen molar-refractivity contribution in [2.45, 2.75) is 25.7 Å². The number of amides is 2. The third-order valence-corrected chi connectivity index (χ3v) is 6.93. The van der Waals surface area contributed by atoms with Gasteiger partial charge in [-0.2, -0.15) is 5.10 Å². The minimum Gasteiger partial charge on any atom is -0.370 e. The lowest BCUT2D eigenvalue weighted by molar-refractivity contribution is 0.0926. The van der Waals surface area contributed by atoms with E-state index in [0.29, 0.717) is 33.3 Å². The smallest absolute Gasteiger partial charge is 0.272 e. The molecule has 3 aromatic carbocycles. The monoisotopic (exact) mass is 464 g/mol. The standard InChI is InChI=1S/C28H24N4O3/c33-26-20-10-4-3-9-19(20)25(29-30-26)18-13-14-23(31-15-7-1-2-8-16-31)24(17-18)32-27(34)21-11-5-6-12-22(21)28(32)35/h3-6,9-14,17H,1-2,7-8,15-16H2,(H,30,33). The molecule has 0 atom stereocenters. The van der Waals surface area contributed by atoms with Gasteiger partial charge in [-0.15, -0.1) is 0 Å². The summed E-state index contributed by atoms with van der Waals surface area (Å²) in [5, 5.41) is 8.18. The van der Waals surface area contributed by atoms with Crippen LogP contribution < -0.4 is 15.4 Å². The van der Waals surface area contributed by atoms with Crippen LogP contribution in [0.25, 0.3) is 22.0 Å². The number of H-pyrrole nitrogens is 1. The van der Waals surface area contributed by atoms with Crippen LogP contribution in [-0.4, -0.2) is 35.1 Å². The third kappa shape index (κ3) is 3.51. The number of aromatic nitrogens is 2. The molecule has 0 unspecified atom stereocenters. The number of imide groups is 1. The van der Waals surface area contributed by atoms with Gasteiger partial charge in [0.05, 0.1) is 33.6 Å². The van der Waals surface area contributed by atoms with Crippen molar-refractivity contribution in [3.05, 3.63) is 88.2 Å². The Hall–Kier alpha value is -4.26. The van der Waals surface area contributed by atoms with E-state index in [4.69, 9.17) is 0 Å². The van der Waals surface area contributed by atoms with Gasteiger partial charge in [0.2, 0.25) is 0 Å². The predicted molar refractivity (Wildman–Crippen MR) is 136 cm³/mol. The maximum Gasteiger partial charge on any atom is 0.272 e. The summed E-state index contributed by atoms with van der Waals surface area (Å²) < 4.78 is 0. The van der Waals surface area contributed by atoms with Crippen LogP contribution in [-0.2, 0) is 0 Å². The highest BCUT2D eigenvalue weighted by molar-refractivity contribution is 6.35. The zero-order valence-electron chi connectivity index (χ0n) is 19.2. The van der Waals surface area contributed by atoms with E-state index < -0.39 is 0 Å². The molecule has 7 heteroatoms. The highest BCUT2D eigenvalue weighted by Gasteiger charge is 2.38. The molecule has 1 aromatic heterocycles. The Labute approximate surface area is 202 Å². The van der Waals surface area contributed by atoms with Crippen molar-refractivity contribution in [3.8, 4) is 11.3 Å². The number of anilines is 2. The van der Waals surface area contributed by atoms with Gasteiger partial charge in [0, 0.05) is 24.0 Å². The Morgan fingerprint density at radius 1 is 0.686 bits per heavy atom. The second-order valence-electron chi connectivity index (χ2n) is 9.04. The topological polar surface area (TPSA) is 86.4 Å². The Morgan fingerprint density at radius 3 is 2.00 bits per heavy atom. The van der Waals surface area contributed by atoms with Gasteiger partial charge in [0.25, 0.3) is 17.4 Å². The van der Waals surface area contributed by atoms with Crippen molar-refractivity contribution in [1.29, 1.82) is 0 Å². The number of carbonyl (C=O) groups excluding carboxylic acids is 2. The van der Waals surface area contributed by atoms with Crippen LogP contribution >= 0.6 is 0 Å². The van der Waals surface area contributed by atoms with E-state index in [9.17, 15) is 14.4 Å². The molecule has 3 heterocycles. The summed E-state index contributed by atoms with van der Waals surface area (Å²) in [7, 11) is 0. The van der Waals surface area contributed by atoms with Crippen LogP contribution in [0.5, 0.6) is 0 Å². The number of nitrogens with one attached hydrogen (secondary N) is 1. The Kier molecular flexibility index (Phi) is 5.17. The fourth-order valence-corrected chi connectivity index (χ4v) is 5.17. The molecule has 174 valence electrons. The molecule has 0 bridgehead atoms. The molecule has 1 saturated heterocycles. The molecule has 0 saturated carbocycles. The van der Waals surface area contributed by atoms with Gasteiger partial charge in [-0.25, -0.2) is 10.00 Å². The number of rotatable bonds is 3. The summed E-state index contributed by atoms with van der Waals surface area (Å²) in [6.07, 6.45) is 4.47. The van der Waals surface area contributed by atoms with Gasteiger partial charge in [0.15, 0.2) is 0 Å². The first-order chi connectivity index (χ1) is 17.1. The minimum atomic E-state index is -0.321. The number of hydrogen-bond acceptors (Lipinski definition) is 5. The van der Waals surface area contributed by atoms with Gasteiger partial charge in [-0.05, 0) is 43.2 Å². The van der Waals surface area contributed by atoms with E-state index >= 15 is 0 Å². The van der Waals surface area contributed by atoms with Gasteiger partial charge in [-0.3, -0.25) is 14.4 Å². The summed E-state index contributed by atoms with van der Waals surface area (Å²) >= 11 is 0. The predicted octanol–water partition coefficient (Wildman–Crippen LogP) is 4.77. The fraction of sp³-hybridized carbons (Fsp3) is 0.214. The highest BCUT2D eigenvalue weighted by Crippen LogP contribution is 2.39. The van der Waals surface area contributed by atoms with Crippen molar-refractivity contribution in [2.24, 2.45) is 0 Å². The summed E-state index contributed by atoms with van der Waals surface area (Å²) in [4.78, 5) is 42.8. The molecule has 2 aliphatic rings. The summed E-state index contributed by atoms with van der Waals surface area (Å²) in [6.45, 7) is 1.74. The molecular weight excluding hydrogens is 440 g/mol. The minimum absolute atomic E-state index is 0.258. The van der Waals surface area contributed by atoms with Gasteiger partial charge >= 0.3 is 0 Å². The lowest BCUT2D eigenvalue weighted by atomic mass is 10.0. The molecule has 6 rings (SSSR count). The van der Waals surface area contributed by atoms with Crippen molar-refractivity contribution < 1.29 is 9.59 Å². The van der Waals surface area contributed by atoms with Crippen molar-refractivity contribution in [3.63, 3.8) is 0 Å². The number of aromatic amines is 1. The average Bonchev–Trinajstić information content (AvgIpc) is 3.05. The number of hydrogen-bond donors (Lipinski definition) is 1. The van der Waals surface area contributed by atoms with Gasteiger partial charge in [-0.1, -0.05) is 49.2 Å². The van der Waals surface area contributed by atoms with Crippen LogP contribution in [0.4, 0.5) is 11.4 Å². The first kappa shape index (κ1) is 21.3. The molecule has 0 aliphatic carbocycles. The lowest BCUT2D eigenvalue weighted by Gasteiger charge is -2.28. The number of carbonyl (C=O) groups is 2. The van der Waals surface area contributed by atoms with Crippen molar-refractivity contribution in [2.75, 3.05) is 22.9 Å². The Balaban J connectivity index is 1.55. The van der Waals surface area contributed by atoms with E-state index in [1.54, 1.807) is 30.3 Å². The first-order valence-corrected chi connectivity index (χ1v) is 12.0. The normalized spacial score (nSPS) is 16.0. The van der Waals surface area contributed by atoms with E-state index in [2.05, 4.69) is 15.1 Å². The Bertz CT molecular complexity index is 1500. The quantitative estimate of drug-likeness (QED) is 0.442. The van der Waals surface area contributed by atoms with Crippen molar-refractivity contribution >= 4 is 34.0 Å². The molecule has 7 nitrogen and oxygen atoms in total. The largest absolute Gasteiger partial charge is 0.370 e. The van der Waals surface area contributed by atoms with Crippen molar-refractivity contribution in [1.82, 2.24) is 10.2 Å². The second kappa shape index (κ2) is 8.51. The summed E-state index contributed by atoms with van der Waals surface area (Å²) in [5.74, 6) is -0.642. The maximum absolute atomic E-state index is 13.4. The summed E-state index contributed by atoms with van der Waals surface area (Å²) in [6, 6.07) is 20.0. The van der Waals surface area contributed by atoms with Crippen LogP contribution in [0.15, 0.2) is 71.5 Å².